The third-order valence-corrected chi connectivity index (χ3v) is 6.49. The van der Waals surface area contributed by atoms with Gasteiger partial charge in [-0.2, -0.15) is 0 Å². The molecule has 0 aliphatic carbocycles. The summed E-state index contributed by atoms with van der Waals surface area (Å²) in [6, 6.07) is 2.81. The van der Waals surface area contributed by atoms with Crippen molar-refractivity contribution in [3.63, 3.8) is 0 Å². The number of ether oxygens (including phenoxy) is 1. The summed E-state index contributed by atoms with van der Waals surface area (Å²) in [4.78, 5) is 0. The molecule has 0 atom stereocenters. The van der Waals surface area contributed by atoms with Gasteiger partial charge in [0.25, 0.3) is 0 Å². The molecule has 0 aliphatic heterocycles. The maximum Gasteiger partial charge on any atom is 0.173 e. The molecule has 0 radical (unpaired) electrons. The van der Waals surface area contributed by atoms with E-state index in [4.69, 9.17) is 4.74 Å². The van der Waals surface area contributed by atoms with Gasteiger partial charge in [0.1, 0.15) is 0 Å². The van der Waals surface area contributed by atoms with E-state index in [9.17, 15) is 20.4 Å². The van der Waals surface area contributed by atoms with E-state index in [1.165, 1.54) is 19.2 Å². The van der Waals surface area contributed by atoms with Gasteiger partial charge in [-0.25, -0.2) is 0 Å². The minimum absolute atomic E-state index is 0.199. The van der Waals surface area contributed by atoms with Crippen molar-refractivity contribution in [2.24, 2.45) is 0 Å². The van der Waals surface area contributed by atoms with Gasteiger partial charge in [-0.05, 0) is 71.0 Å². The highest BCUT2D eigenvalue weighted by atomic mass is 79.9. The molecule has 0 bridgehead atoms. The molecule has 5 nitrogen and oxygen atoms in total. The zero-order valence-corrected chi connectivity index (χ0v) is 16.7. The third-order valence-electron chi connectivity index (χ3n) is 3.29. The van der Waals surface area contributed by atoms with E-state index in [2.05, 4.69) is 47.8 Å². The zero-order chi connectivity index (χ0) is 17.3. The number of methoxy groups -OCH3 is 1. The van der Waals surface area contributed by atoms with E-state index in [1.54, 1.807) is 0 Å². The van der Waals surface area contributed by atoms with E-state index < -0.39 is 0 Å². The lowest BCUT2D eigenvalue weighted by molar-refractivity contribution is 0.184. The van der Waals surface area contributed by atoms with E-state index in [0.717, 1.165) is 0 Å². The van der Waals surface area contributed by atoms with Crippen molar-refractivity contribution in [1.82, 2.24) is 0 Å². The van der Waals surface area contributed by atoms with Crippen LogP contribution in [0.4, 0.5) is 0 Å². The van der Waals surface area contributed by atoms with Gasteiger partial charge in [-0.1, -0.05) is 0 Å². The minimum Gasteiger partial charge on any atom is -0.504 e. The third kappa shape index (κ3) is 3.60. The Balaban J connectivity index is 2.57. The first-order chi connectivity index (χ1) is 10.8. The maximum absolute atomic E-state index is 10.2. The highest BCUT2D eigenvalue weighted by molar-refractivity contribution is 9.13. The fraction of sp³-hybridized carbons (Fsp3) is 0.200. The van der Waals surface area contributed by atoms with Gasteiger partial charge in [0.05, 0.1) is 11.1 Å². The molecule has 2 aromatic carbocycles. The second kappa shape index (κ2) is 7.29. The molecule has 8 heteroatoms. The molecule has 124 valence electrons. The van der Waals surface area contributed by atoms with Crippen LogP contribution >= 0.6 is 47.8 Å². The fourth-order valence-electron chi connectivity index (χ4n) is 2.14. The first-order valence-electron chi connectivity index (χ1n) is 6.37. The van der Waals surface area contributed by atoms with Gasteiger partial charge in [-0.3, -0.25) is 0 Å². The molecule has 2 rings (SSSR count). The molecule has 0 aliphatic rings. The lowest BCUT2D eigenvalue weighted by Gasteiger charge is -2.15. The summed E-state index contributed by atoms with van der Waals surface area (Å²) in [5.41, 5.74) is 1.72. The lowest BCUT2D eigenvalue weighted by atomic mass is 10.0. The lowest BCUT2D eigenvalue weighted by Crippen LogP contribution is -1.98. The highest BCUT2D eigenvalue weighted by Crippen LogP contribution is 2.44. The van der Waals surface area contributed by atoms with E-state index in [0.29, 0.717) is 30.1 Å². The van der Waals surface area contributed by atoms with E-state index in [-0.39, 0.29) is 36.0 Å². The van der Waals surface area contributed by atoms with Crippen molar-refractivity contribution in [2.75, 3.05) is 7.11 Å². The molecule has 0 unspecified atom stereocenters. The van der Waals surface area contributed by atoms with Gasteiger partial charge < -0.3 is 25.2 Å². The monoisotopic (exact) mass is 510 g/mol. The Kier molecular flexibility index (Phi) is 5.83. The quantitative estimate of drug-likeness (QED) is 0.452. The van der Waals surface area contributed by atoms with Crippen molar-refractivity contribution in [3.8, 4) is 23.0 Å². The van der Waals surface area contributed by atoms with Crippen molar-refractivity contribution in [1.29, 1.82) is 0 Å². The van der Waals surface area contributed by atoms with Crippen molar-refractivity contribution in [2.45, 2.75) is 13.0 Å². The van der Waals surface area contributed by atoms with Gasteiger partial charge >= 0.3 is 0 Å². The Morgan fingerprint density at radius 2 is 1.39 bits per heavy atom. The van der Waals surface area contributed by atoms with Crippen LogP contribution in [-0.2, 0) is 17.8 Å². The van der Waals surface area contributed by atoms with Crippen LogP contribution in [0.2, 0.25) is 0 Å². The van der Waals surface area contributed by atoms with Crippen LogP contribution in [0.15, 0.2) is 25.6 Å². The summed E-state index contributed by atoms with van der Waals surface area (Å²) in [5.74, 6) is -1.08. The summed E-state index contributed by atoms with van der Waals surface area (Å²) in [6.07, 6.45) is 0.199. The topological polar surface area (TPSA) is 90.2 Å². The van der Waals surface area contributed by atoms with Gasteiger partial charge in [0, 0.05) is 28.0 Å². The number of hydrogen-bond acceptors (Lipinski definition) is 5. The predicted octanol–water partition coefficient (Wildman–Crippen LogP) is 4.53. The van der Waals surface area contributed by atoms with Crippen LogP contribution in [0, 0.1) is 0 Å². The average Bonchev–Trinajstić information content (AvgIpc) is 2.52. The Hall–Kier alpha value is -0.960. The van der Waals surface area contributed by atoms with E-state index >= 15 is 0 Å². The van der Waals surface area contributed by atoms with Crippen molar-refractivity contribution >= 4 is 47.8 Å². The maximum atomic E-state index is 10.2. The molecule has 2 aromatic rings. The molecule has 4 N–H and O–H groups in total. The van der Waals surface area contributed by atoms with Crippen LogP contribution in [0.5, 0.6) is 23.0 Å². The molecule has 0 heterocycles. The average molecular weight is 513 g/mol. The smallest absolute Gasteiger partial charge is 0.173 e. The molecule has 0 fully saturated rings. The molecule has 0 saturated heterocycles. The van der Waals surface area contributed by atoms with Gasteiger partial charge in [-0.15, -0.1) is 0 Å². The molecule has 0 spiro atoms. The van der Waals surface area contributed by atoms with Gasteiger partial charge in [0.15, 0.2) is 23.0 Å². The first kappa shape index (κ1) is 18.4. The van der Waals surface area contributed by atoms with Crippen LogP contribution < -0.4 is 0 Å². The number of phenolic OH excluding ortho intramolecular Hbond substituents is 4. The zero-order valence-electron chi connectivity index (χ0n) is 11.9. The fourth-order valence-corrected chi connectivity index (χ4v) is 3.60. The normalized spacial score (nSPS) is 11.0. The second-order valence-electron chi connectivity index (χ2n) is 4.84. The minimum atomic E-state index is -0.289. The number of benzene rings is 2. The predicted molar refractivity (Wildman–Crippen MR) is 96.2 cm³/mol. The number of phenols is 4. The molecular formula is C15H13Br3O5. The number of halogens is 3. The Bertz CT molecular complexity index is 762. The van der Waals surface area contributed by atoms with Gasteiger partial charge in [0.2, 0.25) is 0 Å². The largest absolute Gasteiger partial charge is 0.504 e. The second-order valence-corrected chi connectivity index (χ2v) is 7.22. The Morgan fingerprint density at radius 1 is 0.826 bits per heavy atom. The summed E-state index contributed by atoms with van der Waals surface area (Å²) >= 11 is 9.93. The molecule has 23 heavy (non-hydrogen) atoms. The van der Waals surface area contributed by atoms with E-state index in [1.807, 2.05) is 0 Å². The molecule has 0 amide bonds. The SMILES string of the molecule is COCc1cc(O)c(O)c(Cc2cc(O)c(O)c(Br)c2Br)c1Br. The summed E-state index contributed by atoms with van der Waals surface area (Å²) < 4.78 is 6.52. The molecule has 0 aromatic heterocycles. The number of rotatable bonds is 4. The highest BCUT2D eigenvalue weighted by Gasteiger charge is 2.20. The van der Waals surface area contributed by atoms with Crippen LogP contribution in [0.3, 0.4) is 0 Å². The molecular weight excluding hydrogens is 500 g/mol. The summed E-state index contributed by atoms with van der Waals surface area (Å²) in [6.45, 7) is 0.257. The standard InChI is InChI=1S/C15H13Br3O5/c1-23-5-7-4-9(19)14(21)8(11(7)16)2-6-3-10(20)15(22)13(18)12(6)17/h3-4,19-22H,2,5H2,1H3. The molecule has 0 saturated carbocycles. The summed E-state index contributed by atoms with van der Waals surface area (Å²) in [5, 5.41) is 39.5. The number of hydrogen-bond donors (Lipinski definition) is 4. The van der Waals surface area contributed by atoms with Crippen molar-refractivity contribution in [3.05, 3.63) is 42.2 Å². The van der Waals surface area contributed by atoms with Crippen LogP contribution in [0.25, 0.3) is 0 Å². The first-order valence-corrected chi connectivity index (χ1v) is 8.75. The van der Waals surface area contributed by atoms with Crippen molar-refractivity contribution < 1.29 is 25.2 Å². The number of aromatic hydroxyl groups is 4. The van der Waals surface area contributed by atoms with Crippen LogP contribution in [0.1, 0.15) is 16.7 Å². The summed E-state index contributed by atoms with van der Waals surface area (Å²) in [7, 11) is 1.53. The van der Waals surface area contributed by atoms with Crippen LogP contribution in [-0.4, -0.2) is 27.5 Å². The Morgan fingerprint density at radius 3 is 2.00 bits per heavy atom. The Labute approximate surface area is 157 Å².